The molecule has 2 rings (SSSR count). The van der Waals surface area contributed by atoms with Crippen LogP contribution in [0.2, 0.25) is 5.02 Å². The molecule has 0 unspecified atom stereocenters. The summed E-state index contributed by atoms with van der Waals surface area (Å²) in [5, 5.41) is 4.24. The first-order chi connectivity index (χ1) is 9.16. The van der Waals surface area contributed by atoms with Crippen molar-refractivity contribution in [2.75, 3.05) is 0 Å². The van der Waals surface area contributed by atoms with Gasteiger partial charge >= 0.3 is 0 Å². The van der Waals surface area contributed by atoms with Crippen molar-refractivity contribution in [1.82, 2.24) is 0 Å². The number of oxime groups is 1. The molecule has 0 saturated heterocycles. The average molecular weight is 282 g/mol. The van der Waals surface area contributed by atoms with Gasteiger partial charge in [-0.05, 0) is 18.2 Å². The fourth-order valence-corrected chi connectivity index (χ4v) is 1.60. The minimum Gasteiger partial charge on any atom is -0.391 e. The summed E-state index contributed by atoms with van der Waals surface area (Å²) in [6, 6.07) is 10.4. The average Bonchev–Trinajstić information content (AvgIpc) is 2.38. The van der Waals surface area contributed by atoms with E-state index < -0.39 is 11.6 Å². The van der Waals surface area contributed by atoms with Crippen molar-refractivity contribution in [2.45, 2.75) is 6.61 Å². The summed E-state index contributed by atoms with van der Waals surface area (Å²) in [4.78, 5) is 4.95. The molecule has 0 aliphatic carbocycles. The topological polar surface area (TPSA) is 21.6 Å². The van der Waals surface area contributed by atoms with Crippen molar-refractivity contribution in [1.29, 1.82) is 0 Å². The van der Waals surface area contributed by atoms with Crippen LogP contribution in [-0.4, -0.2) is 6.21 Å². The molecule has 0 radical (unpaired) electrons. The molecule has 0 fully saturated rings. The van der Waals surface area contributed by atoms with Crippen LogP contribution in [-0.2, 0) is 11.4 Å². The maximum atomic E-state index is 13.3. The molecule has 2 nitrogen and oxygen atoms in total. The smallest absolute Gasteiger partial charge is 0.145 e. The van der Waals surface area contributed by atoms with E-state index in [-0.39, 0.29) is 12.2 Å². The van der Waals surface area contributed by atoms with Crippen LogP contribution in [0.25, 0.3) is 0 Å². The second-order valence-electron chi connectivity index (χ2n) is 3.77. The van der Waals surface area contributed by atoms with Crippen LogP contribution in [0.5, 0.6) is 0 Å². The number of rotatable bonds is 4. The SMILES string of the molecule is Fc1ccc(CON=Cc2ccccc2Cl)c(F)c1. The lowest BCUT2D eigenvalue weighted by molar-refractivity contribution is 0.129. The number of benzene rings is 2. The summed E-state index contributed by atoms with van der Waals surface area (Å²) in [6.45, 7) is -0.0763. The minimum absolute atomic E-state index is 0.0763. The Morgan fingerprint density at radius 3 is 2.68 bits per heavy atom. The summed E-state index contributed by atoms with van der Waals surface area (Å²) in [5.74, 6) is -1.28. The molecule has 98 valence electrons. The largest absolute Gasteiger partial charge is 0.391 e. The van der Waals surface area contributed by atoms with E-state index in [4.69, 9.17) is 16.4 Å². The number of hydrogen-bond donors (Lipinski definition) is 0. The van der Waals surface area contributed by atoms with Gasteiger partial charge < -0.3 is 4.84 Å². The van der Waals surface area contributed by atoms with Crippen molar-refractivity contribution in [3.63, 3.8) is 0 Å². The van der Waals surface area contributed by atoms with Gasteiger partial charge in [0, 0.05) is 22.2 Å². The molecule has 0 spiro atoms. The fourth-order valence-electron chi connectivity index (χ4n) is 1.42. The van der Waals surface area contributed by atoms with Gasteiger partial charge in [-0.1, -0.05) is 35.0 Å². The van der Waals surface area contributed by atoms with Crippen LogP contribution in [0.15, 0.2) is 47.6 Å². The molecule has 0 atom stereocenters. The Balaban J connectivity index is 1.95. The highest BCUT2D eigenvalue weighted by molar-refractivity contribution is 6.33. The van der Waals surface area contributed by atoms with E-state index in [1.807, 2.05) is 6.07 Å². The number of halogens is 3. The predicted octanol–water partition coefficient (Wildman–Crippen LogP) is 4.17. The zero-order valence-electron chi connectivity index (χ0n) is 9.82. The maximum Gasteiger partial charge on any atom is 0.145 e. The van der Waals surface area contributed by atoms with Gasteiger partial charge in [0.15, 0.2) is 0 Å². The Morgan fingerprint density at radius 1 is 1.16 bits per heavy atom. The summed E-state index contributed by atoms with van der Waals surface area (Å²) in [5.41, 5.74) is 0.932. The molecule has 0 aliphatic rings. The highest BCUT2D eigenvalue weighted by Gasteiger charge is 2.03. The van der Waals surface area contributed by atoms with E-state index in [0.717, 1.165) is 6.07 Å². The molecule has 0 bridgehead atoms. The number of nitrogens with zero attached hydrogens (tertiary/aromatic N) is 1. The van der Waals surface area contributed by atoms with Crippen molar-refractivity contribution in [3.05, 3.63) is 70.2 Å². The Hall–Kier alpha value is -1.94. The highest BCUT2D eigenvalue weighted by atomic mass is 35.5. The molecular formula is C14H10ClF2NO. The first-order valence-electron chi connectivity index (χ1n) is 5.50. The van der Waals surface area contributed by atoms with E-state index in [1.54, 1.807) is 18.2 Å². The van der Waals surface area contributed by atoms with E-state index in [1.165, 1.54) is 18.3 Å². The lowest BCUT2D eigenvalue weighted by Gasteiger charge is -2.02. The lowest BCUT2D eigenvalue weighted by Crippen LogP contribution is -1.93. The van der Waals surface area contributed by atoms with Crippen LogP contribution in [0.4, 0.5) is 8.78 Å². The quantitative estimate of drug-likeness (QED) is 0.609. The molecular weight excluding hydrogens is 272 g/mol. The third-order valence-corrected chi connectivity index (χ3v) is 2.75. The van der Waals surface area contributed by atoms with Crippen molar-refractivity contribution >= 4 is 17.8 Å². The number of hydrogen-bond acceptors (Lipinski definition) is 2. The molecule has 0 heterocycles. The van der Waals surface area contributed by atoms with Crippen LogP contribution in [0, 0.1) is 11.6 Å². The Kier molecular flexibility index (Phi) is 4.47. The second-order valence-corrected chi connectivity index (χ2v) is 4.17. The molecule has 2 aromatic rings. The third kappa shape index (κ3) is 3.76. The maximum absolute atomic E-state index is 13.3. The molecule has 19 heavy (non-hydrogen) atoms. The standard InChI is InChI=1S/C14H10ClF2NO/c15-13-4-2-1-3-10(13)8-18-19-9-11-5-6-12(16)7-14(11)17/h1-8H,9H2. The van der Waals surface area contributed by atoms with Crippen LogP contribution < -0.4 is 0 Å². The zero-order valence-corrected chi connectivity index (χ0v) is 10.6. The van der Waals surface area contributed by atoms with Crippen LogP contribution in [0.3, 0.4) is 0 Å². The lowest BCUT2D eigenvalue weighted by atomic mass is 10.2. The summed E-state index contributed by atoms with van der Waals surface area (Å²) >= 11 is 5.91. The summed E-state index contributed by atoms with van der Waals surface area (Å²) in [6.07, 6.45) is 1.43. The van der Waals surface area contributed by atoms with Crippen molar-refractivity contribution in [2.24, 2.45) is 5.16 Å². The van der Waals surface area contributed by atoms with Gasteiger partial charge in [0.05, 0.1) is 6.21 Å². The summed E-state index contributed by atoms with van der Waals surface area (Å²) in [7, 11) is 0. The monoisotopic (exact) mass is 281 g/mol. The molecule has 0 saturated carbocycles. The van der Waals surface area contributed by atoms with Gasteiger partial charge in [0.25, 0.3) is 0 Å². The van der Waals surface area contributed by atoms with Gasteiger partial charge in [0.2, 0.25) is 0 Å². The molecule has 0 aliphatic heterocycles. The molecule has 0 N–H and O–H groups in total. The van der Waals surface area contributed by atoms with Crippen LogP contribution in [0.1, 0.15) is 11.1 Å². The Bertz CT molecular complexity index is 602. The van der Waals surface area contributed by atoms with Gasteiger partial charge in [-0.2, -0.15) is 0 Å². The van der Waals surface area contributed by atoms with Crippen LogP contribution >= 0.6 is 11.6 Å². The third-order valence-electron chi connectivity index (χ3n) is 2.41. The normalized spacial score (nSPS) is 10.9. The second kappa shape index (κ2) is 6.29. The predicted molar refractivity (Wildman–Crippen MR) is 70.2 cm³/mol. The van der Waals surface area contributed by atoms with E-state index >= 15 is 0 Å². The highest BCUT2D eigenvalue weighted by Crippen LogP contribution is 2.13. The fraction of sp³-hybridized carbons (Fsp3) is 0.0714. The molecule has 5 heteroatoms. The Morgan fingerprint density at radius 2 is 1.95 bits per heavy atom. The minimum atomic E-state index is -0.659. The van der Waals surface area contributed by atoms with E-state index in [0.29, 0.717) is 10.6 Å². The first-order valence-corrected chi connectivity index (χ1v) is 5.88. The summed E-state index contributed by atoms with van der Waals surface area (Å²) < 4.78 is 25.9. The molecule has 0 aromatic heterocycles. The molecule has 0 amide bonds. The van der Waals surface area contributed by atoms with E-state index in [9.17, 15) is 8.78 Å². The van der Waals surface area contributed by atoms with Gasteiger partial charge in [-0.15, -0.1) is 0 Å². The zero-order chi connectivity index (χ0) is 13.7. The molecule has 2 aromatic carbocycles. The van der Waals surface area contributed by atoms with Gasteiger partial charge in [0.1, 0.15) is 18.2 Å². The van der Waals surface area contributed by atoms with Crippen molar-refractivity contribution < 1.29 is 13.6 Å². The van der Waals surface area contributed by atoms with Gasteiger partial charge in [-0.25, -0.2) is 8.78 Å². The van der Waals surface area contributed by atoms with Crippen molar-refractivity contribution in [3.8, 4) is 0 Å². The van der Waals surface area contributed by atoms with E-state index in [2.05, 4.69) is 5.16 Å². The first kappa shape index (κ1) is 13.5. The van der Waals surface area contributed by atoms with Gasteiger partial charge in [-0.3, -0.25) is 0 Å². The Labute approximate surface area is 114 Å².